The number of thiophene rings is 1. The summed E-state index contributed by atoms with van der Waals surface area (Å²) in [6, 6.07) is 12.8. The number of piperidine rings is 1. The number of amides is 1. The van der Waals surface area contributed by atoms with Gasteiger partial charge < -0.3 is 9.80 Å². The van der Waals surface area contributed by atoms with Crippen LogP contribution >= 0.6 is 11.3 Å². The highest BCUT2D eigenvalue weighted by Gasteiger charge is 2.31. The number of hydrogen-bond donors (Lipinski definition) is 0. The first-order valence-electron chi connectivity index (χ1n) is 11.2. The van der Waals surface area contributed by atoms with E-state index in [1.165, 1.54) is 10.5 Å². The van der Waals surface area contributed by atoms with Gasteiger partial charge in [-0.3, -0.25) is 4.79 Å². The summed E-state index contributed by atoms with van der Waals surface area (Å²) in [6.07, 6.45) is 7.47. The normalized spacial score (nSPS) is 20.4. The molecular formula is C26H29N3OS. The van der Waals surface area contributed by atoms with E-state index in [0.29, 0.717) is 6.04 Å². The molecule has 1 fully saturated rings. The van der Waals surface area contributed by atoms with Crippen molar-refractivity contribution in [3.05, 3.63) is 63.5 Å². The monoisotopic (exact) mass is 431 g/mol. The second-order valence-corrected chi connectivity index (χ2v) is 9.86. The zero-order valence-corrected chi connectivity index (χ0v) is 19.1. The molecule has 0 spiro atoms. The summed E-state index contributed by atoms with van der Waals surface area (Å²) in [6.45, 7) is 1.64. The Balaban J connectivity index is 1.63. The van der Waals surface area contributed by atoms with E-state index in [-0.39, 0.29) is 5.91 Å². The number of carbonyl (C=O) groups excluding carboxylic acids is 1. The van der Waals surface area contributed by atoms with Gasteiger partial charge in [-0.05, 0) is 80.9 Å². The highest BCUT2D eigenvalue weighted by Crippen LogP contribution is 2.37. The first-order chi connectivity index (χ1) is 15.1. The Morgan fingerprint density at radius 1 is 1.16 bits per heavy atom. The molecule has 1 aliphatic heterocycles. The van der Waals surface area contributed by atoms with Crippen molar-refractivity contribution in [1.29, 1.82) is 0 Å². The van der Waals surface area contributed by atoms with E-state index in [1.54, 1.807) is 11.3 Å². The van der Waals surface area contributed by atoms with Crippen molar-refractivity contribution in [2.45, 2.75) is 38.1 Å². The first-order valence-corrected chi connectivity index (χ1v) is 12.1. The molecule has 5 rings (SSSR count). The number of benzene rings is 1. The third kappa shape index (κ3) is 3.92. The molecule has 0 radical (unpaired) electrons. The van der Waals surface area contributed by atoms with Crippen LogP contribution in [0.4, 0.5) is 0 Å². The highest BCUT2D eigenvalue weighted by atomic mass is 32.1. The maximum absolute atomic E-state index is 13.9. The van der Waals surface area contributed by atoms with Crippen LogP contribution in [0.15, 0.2) is 41.8 Å². The first kappa shape index (κ1) is 20.4. The molecule has 4 nitrogen and oxygen atoms in total. The van der Waals surface area contributed by atoms with Crippen LogP contribution < -0.4 is 0 Å². The number of nitrogens with zero attached hydrogens (tertiary/aromatic N) is 3. The molecule has 0 saturated carbocycles. The number of likely N-dealkylation sites (tertiary alicyclic amines) is 1. The van der Waals surface area contributed by atoms with E-state index >= 15 is 0 Å². The van der Waals surface area contributed by atoms with Crippen LogP contribution in [0.2, 0.25) is 0 Å². The average molecular weight is 432 g/mol. The average Bonchev–Trinajstić information content (AvgIpc) is 3.30. The summed E-state index contributed by atoms with van der Waals surface area (Å²) in [5, 5.41) is 3.10. The van der Waals surface area contributed by atoms with Crippen molar-refractivity contribution in [3.8, 4) is 0 Å². The fraction of sp³-hybridized carbons (Fsp3) is 0.385. The third-order valence-electron chi connectivity index (χ3n) is 6.66. The number of rotatable bonds is 3. The van der Waals surface area contributed by atoms with E-state index in [9.17, 15) is 4.79 Å². The number of carbonyl (C=O) groups is 1. The number of likely N-dealkylation sites (N-methyl/N-ethyl adjacent to an activating group) is 1. The Morgan fingerprint density at radius 2 is 2.03 bits per heavy atom. The summed E-state index contributed by atoms with van der Waals surface area (Å²) >= 11 is 1.75. The number of hydrogen-bond acceptors (Lipinski definition) is 4. The van der Waals surface area contributed by atoms with Gasteiger partial charge in [-0.15, -0.1) is 11.3 Å². The summed E-state index contributed by atoms with van der Waals surface area (Å²) in [5.74, 6) is 0.179. The molecule has 1 saturated heterocycles. The van der Waals surface area contributed by atoms with E-state index in [1.807, 2.05) is 18.2 Å². The second kappa shape index (κ2) is 8.56. The molecule has 3 heterocycles. The lowest BCUT2D eigenvalue weighted by Crippen LogP contribution is -2.47. The fourth-order valence-electron chi connectivity index (χ4n) is 4.98. The Hall–Kier alpha value is -2.50. The molecule has 1 amide bonds. The molecule has 1 unspecified atom stereocenters. The molecule has 1 atom stereocenters. The quantitative estimate of drug-likeness (QED) is 0.562. The molecule has 1 aromatic carbocycles. The van der Waals surface area contributed by atoms with Gasteiger partial charge in [0.15, 0.2) is 0 Å². The molecule has 160 valence electrons. The topological polar surface area (TPSA) is 36.4 Å². The van der Waals surface area contributed by atoms with Crippen molar-refractivity contribution in [2.75, 3.05) is 27.2 Å². The minimum Gasteiger partial charge on any atom is -0.337 e. The lowest BCUT2D eigenvalue weighted by Gasteiger charge is -2.37. The molecular weight excluding hydrogens is 402 g/mol. The van der Waals surface area contributed by atoms with Gasteiger partial charge in [-0.2, -0.15) is 0 Å². The highest BCUT2D eigenvalue weighted by molar-refractivity contribution is 7.10. The van der Waals surface area contributed by atoms with Crippen molar-refractivity contribution in [2.24, 2.45) is 0 Å². The summed E-state index contributed by atoms with van der Waals surface area (Å²) < 4.78 is 0. The van der Waals surface area contributed by atoms with E-state index in [2.05, 4.69) is 53.6 Å². The number of fused-ring (bicyclic) bond motifs is 2. The lowest BCUT2D eigenvalue weighted by atomic mass is 9.85. The van der Waals surface area contributed by atoms with Gasteiger partial charge in [0.25, 0.3) is 5.91 Å². The number of allylic oxidation sites excluding steroid dienone is 1. The predicted molar refractivity (Wildman–Crippen MR) is 129 cm³/mol. The molecule has 31 heavy (non-hydrogen) atoms. The van der Waals surface area contributed by atoms with Crippen LogP contribution in [0.3, 0.4) is 0 Å². The van der Waals surface area contributed by atoms with Gasteiger partial charge in [0.2, 0.25) is 0 Å². The van der Waals surface area contributed by atoms with Gasteiger partial charge in [0, 0.05) is 29.4 Å². The van der Waals surface area contributed by atoms with Crippen molar-refractivity contribution in [1.82, 2.24) is 14.8 Å². The van der Waals surface area contributed by atoms with Crippen LogP contribution in [0.25, 0.3) is 22.6 Å². The van der Waals surface area contributed by atoms with Crippen LogP contribution in [0.5, 0.6) is 0 Å². The van der Waals surface area contributed by atoms with Crippen molar-refractivity contribution < 1.29 is 4.79 Å². The van der Waals surface area contributed by atoms with Crippen LogP contribution in [0, 0.1) is 0 Å². The summed E-state index contributed by atoms with van der Waals surface area (Å²) in [4.78, 5) is 24.6. The standard InChI is InChI=1S/C26H29N3OS/c1-28(2)19-9-6-14-29(17-19)26(30)24-21-11-3-4-13-23(21)27-25-18(8-5-12-22(24)25)16-20-10-7-15-31-20/h3-4,7,10-11,13,15-16,19H,5-6,8-9,12,14,17H2,1-2H3/b18-16-. The number of para-hydroxylation sites is 1. The zero-order valence-electron chi connectivity index (χ0n) is 18.3. The molecule has 3 aromatic rings. The largest absolute Gasteiger partial charge is 0.337 e. The Kier molecular flexibility index (Phi) is 5.63. The molecule has 1 aliphatic carbocycles. The number of aromatic nitrogens is 1. The number of pyridine rings is 1. The smallest absolute Gasteiger partial charge is 0.254 e. The maximum atomic E-state index is 13.9. The van der Waals surface area contributed by atoms with E-state index in [4.69, 9.17) is 4.98 Å². The van der Waals surface area contributed by atoms with Gasteiger partial charge in [0.05, 0.1) is 16.8 Å². The minimum absolute atomic E-state index is 0.179. The van der Waals surface area contributed by atoms with Crippen molar-refractivity contribution >= 4 is 39.8 Å². The Bertz CT molecular complexity index is 1130. The zero-order chi connectivity index (χ0) is 21.4. The summed E-state index contributed by atoms with van der Waals surface area (Å²) in [5.41, 5.74) is 5.24. The summed E-state index contributed by atoms with van der Waals surface area (Å²) in [7, 11) is 4.23. The van der Waals surface area contributed by atoms with Crippen LogP contribution in [-0.2, 0) is 6.42 Å². The molecule has 0 bridgehead atoms. The van der Waals surface area contributed by atoms with E-state index in [0.717, 1.165) is 72.9 Å². The minimum atomic E-state index is 0.179. The van der Waals surface area contributed by atoms with Gasteiger partial charge in [-0.25, -0.2) is 4.98 Å². The van der Waals surface area contributed by atoms with Gasteiger partial charge >= 0.3 is 0 Å². The second-order valence-electron chi connectivity index (χ2n) is 8.88. The van der Waals surface area contributed by atoms with Crippen molar-refractivity contribution in [3.63, 3.8) is 0 Å². The third-order valence-corrected chi connectivity index (χ3v) is 7.48. The molecule has 5 heteroatoms. The fourth-order valence-corrected chi connectivity index (χ4v) is 5.66. The maximum Gasteiger partial charge on any atom is 0.254 e. The van der Waals surface area contributed by atoms with Crippen LogP contribution in [0.1, 0.15) is 52.2 Å². The molecule has 2 aromatic heterocycles. The Labute approximate surface area is 188 Å². The van der Waals surface area contributed by atoms with Crippen LogP contribution in [-0.4, -0.2) is 53.9 Å². The van der Waals surface area contributed by atoms with Gasteiger partial charge in [-0.1, -0.05) is 24.3 Å². The van der Waals surface area contributed by atoms with E-state index < -0.39 is 0 Å². The molecule has 2 aliphatic rings. The van der Waals surface area contributed by atoms with Gasteiger partial charge in [0.1, 0.15) is 0 Å². The molecule has 0 N–H and O–H groups in total. The SMILES string of the molecule is CN(C)C1CCCN(C(=O)c2c3c(nc4ccccc24)/C(=C\c2cccs2)CCC3)C1. The predicted octanol–water partition coefficient (Wildman–Crippen LogP) is 5.34. The lowest BCUT2D eigenvalue weighted by molar-refractivity contribution is 0.0636. The Morgan fingerprint density at radius 3 is 2.84 bits per heavy atom.